The number of carbonyl (C=O) groups is 2. The molecule has 0 aromatic heterocycles. The molecule has 0 aliphatic carbocycles. The maximum Gasteiger partial charge on any atom is 0.410 e. The van der Waals surface area contributed by atoms with Gasteiger partial charge in [0.15, 0.2) is 0 Å². The maximum absolute atomic E-state index is 12.6. The van der Waals surface area contributed by atoms with Gasteiger partial charge < -0.3 is 14.5 Å². The zero-order chi connectivity index (χ0) is 18.2. The van der Waals surface area contributed by atoms with Crippen molar-refractivity contribution in [3.8, 4) is 0 Å². The molecular weight excluding hydrogens is 316 g/mol. The number of amides is 2. The van der Waals surface area contributed by atoms with E-state index in [1.54, 1.807) is 4.90 Å². The van der Waals surface area contributed by atoms with Crippen molar-refractivity contribution in [3.05, 3.63) is 35.9 Å². The first kappa shape index (κ1) is 17.8. The zero-order valence-electron chi connectivity index (χ0n) is 15.6. The molecule has 0 unspecified atom stereocenters. The summed E-state index contributed by atoms with van der Waals surface area (Å²) in [6.45, 7) is 9.27. The van der Waals surface area contributed by atoms with E-state index in [2.05, 4.69) is 12.1 Å². The lowest BCUT2D eigenvalue weighted by atomic mass is 9.84. The van der Waals surface area contributed by atoms with Gasteiger partial charge >= 0.3 is 6.09 Å². The Balaban J connectivity index is 1.84. The highest BCUT2D eigenvalue weighted by Gasteiger charge is 2.52. The molecule has 5 heteroatoms. The van der Waals surface area contributed by atoms with Gasteiger partial charge in [-0.1, -0.05) is 37.3 Å². The summed E-state index contributed by atoms with van der Waals surface area (Å²) in [5.41, 5.74) is 0.354. The van der Waals surface area contributed by atoms with E-state index in [9.17, 15) is 9.59 Å². The van der Waals surface area contributed by atoms with Gasteiger partial charge in [-0.15, -0.1) is 0 Å². The number of benzene rings is 1. The van der Waals surface area contributed by atoms with Gasteiger partial charge in [-0.25, -0.2) is 4.79 Å². The molecule has 0 radical (unpaired) electrons. The van der Waals surface area contributed by atoms with Crippen LogP contribution in [0.4, 0.5) is 4.79 Å². The SMILES string of the molecule is C[C@@H]1C[C@]2(Cc3ccccc3)CN(C(=O)OC(C)(C)C)CCN2C1=O. The van der Waals surface area contributed by atoms with Crippen LogP contribution in [0.3, 0.4) is 0 Å². The zero-order valence-corrected chi connectivity index (χ0v) is 15.6. The largest absolute Gasteiger partial charge is 0.444 e. The van der Waals surface area contributed by atoms with E-state index in [0.29, 0.717) is 19.6 Å². The summed E-state index contributed by atoms with van der Waals surface area (Å²) >= 11 is 0. The van der Waals surface area contributed by atoms with Crippen molar-refractivity contribution in [1.29, 1.82) is 0 Å². The van der Waals surface area contributed by atoms with Crippen LogP contribution in [0.15, 0.2) is 30.3 Å². The number of carbonyl (C=O) groups excluding carboxylic acids is 2. The molecule has 0 saturated carbocycles. The summed E-state index contributed by atoms with van der Waals surface area (Å²) in [5.74, 6) is 0.210. The first-order valence-corrected chi connectivity index (χ1v) is 9.04. The molecule has 2 aliphatic heterocycles. The summed E-state index contributed by atoms with van der Waals surface area (Å²) < 4.78 is 5.56. The molecule has 3 rings (SSSR count). The highest BCUT2D eigenvalue weighted by Crippen LogP contribution is 2.39. The molecule has 2 atom stereocenters. The quantitative estimate of drug-likeness (QED) is 0.828. The second-order valence-electron chi connectivity index (χ2n) is 8.38. The smallest absolute Gasteiger partial charge is 0.410 e. The fourth-order valence-corrected chi connectivity index (χ4v) is 4.10. The van der Waals surface area contributed by atoms with E-state index in [0.717, 1.165) is 12.8 Å². The monoisotopic (exact) mass is 344 g/mol. The molecule has 0 bridgehead atoms. The van der Waals surface area contributed by atoms with Gasteiger partial charge in [0.2, 0.25) is 5.91 Å². The molecule has 2 saturated heterocycles. The molecule has 2 heterocycles. The van der Waals surface area contributed by atoms with Gasteiger partial charge in [0.25, 0.3) is 0 Å². The van der Waals surface area contributed by atoms with Crippen molar-refractivity contribution >= 4 is 12.0 Å². The molecule has 136 valence electrons. The summed E-state index contributed by atoms with van der Waals surface area (Å²) in [6.07, 6.45) is 1.26. The van der Waals surface area contributed by atoms with E-state index in [-0.39, 0.29) is 23.5 Å². The van der Waals surface area contributed by atoms with Crippen LogP contribution in [-0.2, 0) is 16.0 Å². The predicted octanol–water partition coefficient (Wildman–Crippen LogP) is 3.09. The van der Waals surface area contributed by atoms with Gasteiger partial charge in [0, 0.05) is 25.6 Å². The highest BCUT2D eigenvalue weighted by atomic mass is 16.6. The third-order valence-electron chi connectivity index (χ3n) is 5.05. The van der Waals surface area contributed by atoms with Gasteiger partial charge in [-0.2, -0.15) is 0 Å². The average molecular weight is 344 g/mol. The van der Waals surface area contributed by atoms with Crippen LogP contribution in [-0.4, -0.2) is 52.6 Å². The van der Waals surface area contributed by atoms with Gasteiger partial charge in [0.1, 0.15) is 5.60 Å². The molecule has 2 fully saturated rings. The minimum atomic E-state index is -0.514. The summed E-state index contributed by atoms with van der Waals surface area (Å²) in [5, 5.41) is 0. The van der Waals surface area contributed by atoms with Crippen molar-refractivity contribution in [2.75, 3.05) is 19.6 Å². The van der Waals surface area contributed by atoms with E-state index < -0.39 is 5.60 Å². The molecule has 5 nitrogen and oxygen atoms in total. The minimum Gasteiger partial charge on any atom is -0.444 e. The van der Waals surface area contributed by atoms with Crippen molar-refractivity contribution in [1.82, 2.24) is 9.80 Å². The van der Waals surface area contributed by atoms with Crippen LogP contribution in [0.2, 0.25) is 0 Å². The highest BCUT2D eigenvalue weighted by molar-refractivity contribution is 5.83. The number of ether oxygens (including phenoxy) is 1. The van der Waals surface area contributed by atoms with Crippen molar-refractivity contribution in [2.45, 2.75) is 51.7 Å². The molecule has 2 amide bonds. The molecule has 0 N–H and O–H groups in total. The molecular formula is C20H28N2O3. The molecule has 2 aliphatic rings. The summed E-state index contributed by atoms with van der Waals surface area (Å²) in [7, 11) is 0. The Labute approximate surface area is 149 Å². The summed E-state index contributed by atoms with van der Waals surface area (Å²) in [4.78, 5) is 29.0. The van der Waals surface area contributed by atoms with Gasteiger partial charge in [-0.05, 0) is 39.2 Å². The Hall–Kier alpha value is -2.04. The second kappa shape index (κ2) is 6.36. The topological polar surface area (TPSA) is 49.9 Å². The normalized spacial score (nSPS) is 26.6. The van der Waals surface area contributed by atoms with Crippen molar-refractivity contribution in [3.63, 3.8) is 0 Å². The van der Waals surface area contributed by atoms with Crippen LogP contribution < -0.4 is 0 Å². The van der Waals surface area contributed by atoms with Crippen LogP contribution in [0.5, 0.6) is 0 Å². The lowest BCUT2D eigenvalue weighted by molar-refractivity contribution is -0.136. The first-order valence-electron chi connectivity index (χ1n) is 9.04. The number of piperazine rings is 1. The van der Waals surface area contributed by atoms with Gasteiger partial charge in [-0.3, -0.25) is 4.79 Å². The number of hydrogen-bond donors (Lipinski definition) is 0. The fraction of sp³-hybridized carbons (Fsp3) is 0.600. The van der Waals surface area contributed by atoms with Crippen molar-refractivity contribution in [2.24, 2.45) is 5.92 Å². The number of fused-ring (bicyclic) bond motifs is 1. The number of hydrogen-bond acceptors (Lipinski definition) is 3. The van der Waals surface area contributed by atoms with Crippen LogP contribution >= 0.6 is 0 Å². The van der Waals surface area contributed by atoms with E-state index >= 15 is 0 Å². The molecule has 0 spiro atoms. The Morgan fingerprint density at radius 2 is 1.92 bits per heavy atom. The Morgan fingerprint density at radius 3 is 2.56 bits per heavy atom. The summed E-state index contributed by atoms with van der Waals surface area (Å²) in [6, 6.07) is 10.2. The van der Waals surface area contributed by atoms with Gasteiger partial charge in [0.05, 0.1) is 5.54 Å². The molecule has 1 aromatic carbocycles. The lowest BCUT2D eigenvalue weighted by Gasteiger charge is -2.47. The van der Waals surface area contributed by atoms with Crippen molar-refractivity contribution < 1.29 is 14.3 Å². The third kappa shape index (κ3) is 3.65. The van der Waals surface area contributed by atoms with Crippen LogP contribution in [0, 0.1) is 5.92 Å². The predicted molar refractivity (Wildman–Crippen MR) is 96.2 cm³/mol. The maximum atomic E-state index is 12.6. The van der Waals surface area contributed by atoms with Crippen LogP contribution in [0.1, 0.15) is 39.7 Å². The minimum absolute atomic E-state index is 0.00213. The molecule has 1 aromatic rings. The van der Waals surface area contributed by atoms with E-state index in [4.69, 9.17) is 4.74 Å². The fourth-order valence-electron chi connectivity index (χ4n) is 4.10. The number of rotatable bonds is 2. The average Bonchev–Trinajstić information content (AvgIpc) is 2.77. The molecule has 25 heavy (non-hydrogen) atoms. The first-order chi connectivity index (χ1) is 11.7. The van der Waals surface area contributed by atoms with E-state index in [1.165, 1.54) is 5.56 Å². The number of nitrogens with zero attached hydrogens (tertiary/aromatic N) is 2. The van der Waals surface area contributed by atoms with E-state index in [1.807, 2.05) is 50.8 Å². The third-order valence-corrected chi connectivity index (χ3v) is 5.05. The Bertz CT molecular complexity index is 653. The van der Waals surface area contributed by atoms with Crippen LogP contribution in [0.25, 0.3) is 0 Å². The lowest BCUT2D eigenvalue weighted by Crippen LogP contribution is -2.62. The second-order valence-corrected chi connectivity index (χ2v) is 8.38. The standard InChI is InChI=1S/C20H28N2O3/c1-15-12-20(13-16-8-6-5-7-9-16)14-21(10-11-22(20)17(15)23)18(24)25-19(2,3)4/h5-9,15H,10-14H2,1-4H3/t15-,20+/m1/s1. The Morgan fingerprint density at radius 1 is 1.24 bits per heavy atom. The Kier molecular flexibility index (Phi) is 4.52.